The van der Waals surface area contributed by atoms with Crippen LogP contribution in [0.2, 0.25) is 5.02 Å². The van der Waals surface area contributed by atoms with Crippen LogP contribution in [-0.4, -0.2) is 4.98 Å². The molecular weight excluding hydrogens is 270 g/mol. The van der Waals surface area contributed by atoms with Gasteiger partial charge in [0.1, 0.15) is 11.9 Å². The van der Waals surface area contributed by atoms with Crippen molar-refractivity contribution in [2.24, 2.45) is 0 Å². The number of hydrogen-bond acceptors (Lipinski definition) is 2. The van der Waals surface area contributed by atoms with E-state index in [-0.39, 0.29) is 6.10 Å². The number of fused-ring (bicyclic) bond motifs is 1. The summed E-state index contributed by atoms with van der Waals surface area (Å²) in [5, 5.41) is 1.65. The van der Waals surface area contributed by atoms with Gasteiger partial charge in [-0.25, -0.2) is 0 Å². The maximum absolute atomic E-state index is 6.07. The van der Waals surface area contributed by atoms with E-state index in [2.05, 4.69) is 17.1 Å². The Morgan fingerprint density at radius 2 is 1.85 bits per heavy atom. The number of halogens is 1. The SMILES string of the molecule is CC(Oc1ccnc2cc(Cl)ccc12)c1ccccc1. The Bertz CT molecular complexity index is 727. The molecule has 3 aromatic rings. The van der Waals surface area contributed by atoms with Gasteiger partial charge < -0.3 is 4.74 Å². The Labute approximate surface area is 123 Å². The fourth-order valence-corrected chi connectivity index (χ4v) is 2.35. The molecule has 0 radical (unpaired) electrons. The lowest BCUT2D eigenvalue weighted by Gasteiger charge is -2.16. The zero-order valence-electron chi connectivity index (χ0n) is 11.1. The van der Waals surface area contributed by atoms with Crippen molar-refractivity contribution in [1.82, 2.24) is 4.98 Å². The summed E-state index contributed by atoms with van der Waals surface area (Å²) in [5.41, 5.74) is 1.99. The molecule has 20 heavy (non-hydrogen) atoms. The van der Waals surface area contributed by atoms with Gasteiger partial charge in [-0.3, -0.25) is 4.98 Å². The number of aromatic nitrogens is 1. The van der Waals surface area contributed by atoms with Gasteiger partial charge >= 0.3 is 0 Å². The average Bonchev–Trinajstić information content (AvgIpc) is 2.48. The fraction of sp³-hybridized carbons (Fsp3) is 0.118. The van der Waals surface area contributed by atoms with E-state index in [4.69, 9.17) is 16.3 Å². The first-order chi connectivity index (χ1) is 9.74. The van der Waals surface area contributed by atoms with Gasteiger partial charge in [0, 0.05) is 16.6 Å². The maximum atomic E-state index is 6.07. The summed E-state index contributed by atoms with van der Waals surface area (Å²) >= 11 is 5.99. The van der Waals surface area contributed by atoms with Crippen LogP contribution in [0.15, 0.2) is 60.8 Å². The van der Waals surface area contributed by atoms with Gasteiger partial charge in [0.2, 0.25) is 0 Å². The summed E-state index contributed by atoms with van der Waals surface area (Å²) in [4.78, 5) is 4.32. The van der Waals surface area contributed by atoms with Crippen LogP contribution < -0.4 is 4.74 Å². The molecule has 3 rings (SSSR count). The first-order valence-corrected chi connectivity index (χ1v) is 6.88. The van der Waals surface area contributed by atoms with E-state index < -0.39 is 0 Å². The van der Waals surface area contributed by atoms with Gasteiger partial charge in [0.15, 0.2) is 0 Å². The quantitative estimate of drug-likeness (QED) is 0.673. The molecule has 1 unspecified atom stereocenters. The maximum Gasteiger partial charge on any atom is 0.131 e. The standard InChI is InChI=1S/C17H14ClNO/c1-12(13-5-3-2-4-6-13)20-17-9-10-19-16-11-14(18)7-8-15(16)17/h2-12H,1H3. The second kappa shape index (κ2) is 5.51. The summed E-state index contributed by atoms with van der Waals surface area (Å²) in [6, 6.07) is 17.7. The molecular formula is C17H14ClNO. The largest absolute Gasteiger partial charge is 0.485 e. The Morgan fingerprint density at radius 1 is 1.05 bits per heavy atom. The monoisotopic (exact) mass is 283 g/mol. The summed E-state index contributed by atoms with van der Waals surface area (Å²) in [6.07, 6.45) is 1.73. The third-order valence-corrected chi connectivity index (χ3v) is 3.47. The van der Waals surface area contributed by atoms with E-state index in [1.807, 2.05) is 49.4 Å². The van der Waals surface area contributed by atoms with E-state index in [0.717, 1.165) is 22.2 Å². The summed E-state index contributed by atoms with van der Waals surface area (Å²) in [7, 11) is 0. The van der Waals surface area contributed by atoms with Crippen LogP contribution in [0.4, 0.5) is 0 Å². The molecule has 3 heteroatoms. The molecule has 0 saturated carbocycles. The van der Waals surface area contributed by atoms with Crippen LogP contribution in [0.1, 0.15) is 18.6 Å². The van der Waals surface area contributed by atoms with Gasteiger partial charge in [-0.2, -0.15) is 0 Å². The molecule has 0 aliphatic heterocycles. The lowest BCUT2D eigenvalue weighted by atomic mass is 10.1. The highest BCUT2D eigenvalue weighted by Crippen LogP contribution is 2.29. The normalized spacial score (nSPS) is 12.3. The lowest BCUT2D eigenvalue weighted by molar-refractivity contribution is 0.230. The van der Waals surface area contributed by atoms with Crippen molar-refractivity contribution in [2.45, 2.75) is 13.0 Å². The molecule has 2 aromatic carbocycles. The van der Waals surface area contributed by atoms with Gasteiger partial charge in [-0.15, -0.1) is 0 Å². The second-order valence-corrected chi connectivity index (χ2v) is 5.08. The van der Waals surface area contributed by atoms with E-state index in [0.29, 0.717) is 5.02 Å². The van der Waals surface area contributed by atoms with Crippen molar-refractivity contribution in [3.8, 4) is 5.75 Å². The molecule has 100 valence electrons. The van der Waals surface area contributed by atoms with Crippen LogP contribution in [0.25, 0.3) is 10.9 Å². The van der Waals surface area contributed by atoms with Crippen molar-refractivity contribution in [3.05, 3.63) is 71.4 Å². The predicted molar refractivity (Wildman–Crippen MR) is 82.2 cm³/mol. The Hall–Kier alpha value is -2.06. The fourth-order valence-electron chi connectivity index (χ4n) is 2.18. The summed E-state index contributed by atoms with van der Waals surface area (Å²) in [6.45, 7) is 2.04. The molecule has 2 nitrogen and oxygen atoms in total. The highest BCUT2D eigenvalue weighted by atomic mass is 35.5. The Balaban J connectivity index is 1.95. The molecule has 0 saturated heterocycles. The van der Waals surface area contributed by atoms with Crippen molar-refractivity contribution >= 4 is 22.5 Å². The first-order valence-electron chi connectivity index (χ1n) is 6.50. The van der Waals surface area contributed by atoms with Gasteiger partial charge in [0.05, 0.1) is 5.52 Å². The molecule has 0 aliphatic carbocycles. The number of rotatable bonds is 3. The van der Waals surface area contributed by atoms with Gasteiger partial charge in [-0.05, 0) is 36.8 Å². The van der Waals surface area contributed by atoms with Crippen LogP contribution in [0, 0.1) is 0 Å². The molecule has 0 bridgehead atoms. The predicted octanol–water partition coefficient (Wildman–Crippen LogP) is 5.03. The summed E-state index contributed by atoms with van der Waals surface area (Å²) < 4.78 is 6.07. The van der Waals surface area contributed by atoms with Crippen LogP contribution >= 0.6 is 11.6 Å². The number of nitrogens with zero attached hydrogens (tertiary/aromatic N) is 1. The van der Waals surface area contributed by atoms with E-state index in [1.54, 1.807) is 6.20 Å². The minimum atomic E-state index is -0.0162. The smallest absolute Gasteiger partial charge is 0.131 e. The third-order valence-electron chi connectivity index (χ3n) is 3.24. The number of hydrogen-bond donors (Lipinski definition) is 0. The number of benzene rings is 2. The molecule has 0 fully saturated rings. The van der Waals surface area contributed by atoms with Crippen molar-refractivity contribution in [2.75, 3.05) is 0 Å². The highest BCUT2D eigenvalue weighted by Gasteiger charge is 2.09. The first kappa shape index (κ1) is 12.9. The van der Waals surface area contributed by atoms with Crippen molar-refractivity contribution in [3.63, 3.8) is 0 Å². The van der Waals surface area contributed by atoms with E-state index >= 15 is 0 Å². The molecule has 0 N–H and O–H groups in total. The van der Waals surface area contributed by atoms with Gasteiger partial charge in [0.25, 0.3) is 0 Å². The zero-order chi connectivity index (χ0) is 13.9. The van der Waals surface area contributed by atoms with E-state index in [1.165, 1.54) is 0 Å². The van der Waals surface area contributed by atoms with Crippen LogP contribution in [-0.2, 0) is 0 Å². The number of ether oxygens (including phenoxy) is 1. The highest BCUT2D eigenvalue weighted by molar-refractivity contribution is 6.31. The van der Waals surface area contributed by atoms with Crippen LogP contribution in [0.5, 0.6) is 5.75 Å². The minimum absolute atomic E-state index is 0.0162. The van der Waals surface area contributed by atoms with Crippen molar-refractivity contribution in [1.29, 1.82) is 0 Å². The molecule has 1 heterocycles. The van der Waals surface area contributed by atoms with Crippen LogP contribution in [0.3, 0.4) is 0 Å². The Morgan fingerprint density at radius 3 is 2.65 bits per heavy atom. The third kappa shape index (κ3) is 2.61. The molecule has 0 amide bonds. The van der Waals surface area contributed by atoms with E-state index in [9.17, 15) is 0 Å². The van der Waals surface area contributed by atoms with Gasteiger partial charge in [-0.1, -0.05) is 41.9 Å². The molecule has 0 aliphatic rings. The molecule has 1 aromatic heterocycles. The zero-order valence-corrected chi connectivity index (χ0v) is 11.8. The lowest BCUT2D eigenvalue weighted by Crippen LogP contribution is -2.03. The summed E-state index contributed by atoms with van der Waals surface area (Å²) in [5.74, 6) is 0.822. The van der Waals surface area contributed by atoms with Crippen molar-refractivity contribution < 1.29 is 4.74 Å². The second-order valence-electron chi connectivity index (χ2n) is 4.64. The Kier molecular flexibility index (Phi) is 3.57. The topological polar surface area (TPSA) is 22.1 Å². The minimum Gasteiger partial charge on any atom is -0.485 e. The number of pyridine rings is 1. The molecule has 1 atom stereocenters. The molecule has 0 spiro atoms. The average molecular weight is 284 g/mol.